The highest BCUT2D eigenvalue weighted by atomic mass is 32.2. The highest BCUT2D eigenvalue weighted by molar-refractivity contribution is 7.84. The lowest BCUT2D eigenvalue weighted by Gasteiger charge is -2.33. The van der Waals surface area contributed by atoms with Gasteiger partial charge in [-0.3, -0.25) is 0 Å². The molecular weight excluding hydrogens is 242 g/mol. The first kappa shape index (κ1) is 15.4. The Hall–Kier alpha value is -0.670. The molecule has 1 N–H and O–H groups in total. The number of hydrogen-bond donors (Lipinski definition) is 1. The van der Waals surface area contributed by atoms with Gasteiger partial charge in [0.25, 0.3) is 0 Å². The van der Waals surface area contributed by atoms with E-state index in [4.69, 9.17) is 0 Å². The highest BCUT2D eigenvalue weighted by Crippen LogP contribution is 2.33. The van der Waals surface area contributed by atoms with E-state index in [1.54, 1.807) is 0 Å². The molecule has 0 aromatic heterocycles. The third kappa shape index (κ3) is 4.21. The Labute approximate surface area is 114 Å². The van der Waals surface area contributed by atoms with Crippen LogP contribution in [0.1, 0.15) is 53.1 Å². The van der Waals surface area contributed by atoms with Crippen molar-refractivity contribution < 1.29 is 4.21 Å². The molecule has 1 rings (SSSR count). The molecule has 0 unspecified atom stereocenters. The second-order valence-electron chi connectivity index (χ2n) is 6.71. The normalized spacial score (nSPS) is 16.3. The Morgan fingerprint density at radius 2 is 1.50 bits per heavy atom. The van der Waals surface area contributed by atoms with Crippen LogP contribution in [0.2, 0.25) is 0 Å². The first-order valence-electron chi connectivity index (χ1n) is 6.35. The largest absolute Gasteiger partial charge is 0.242 e. The summed E-state index contributed by atoms with van der Waals surface area (Å²) in [6, 6.07) is 10.3. The van der Waals surface area contributed by atoms with E-state index in [0.29, 0.717) is 0 Å². The van der Waals surface area contributed by atoms with Crippen molar-refractivity contribution in [3.63, 3.8) is 0 Å². The Morgan fingerprint density at radius 3 is 1.89 bits per heavy atom. The van der Waals surface area contributed by atoms with Crippen molar-refractivity contribution in [3.05, 3.63) is 35.9 Å². The molecule has 0 aliphatic rings. The van der Waals surface area contributed by atoms with Gasteiger partial charge in [-0.25, -0.2) is 8.93 Å². The predicted molar refractivity (Wildman–Crippen MR) is 79.7 cm³/mol. The van der Waals surface area contributed by atoms with Crippen molar-refractivity contribution in [2.45, 2.75) is 52.3 Å². The first-order valence-corrected chi connectivity index (χ1v) is 7.50. The van der Waals surface area contributed by atoms with E-state index in [9.17, 15) is 4.21 Å². The summed E-state index contributed by atoms with van der Waals surface area (Å²) in [6.07, 6.45) is 0. The second kappa shape index (κ2) is 5.54. The minimum atomic E-state index is -1.06. The third-order valence-electron chi connectivity index (χ3n) is 2.78. The van der Waals surface area contributed by atoms with Gasteiger partial charge in [-0.1, -0.05) is 51.1 Å². The fourth-order valence-electron chi connectivity index (χ4n) is 1.67. The molecule has 3 heteroatoms. The van der Waals surface area contributed by atoms with E-state index in [1.165, 1.54) is 5.56 Å². The van der Waals surface area contributed by atoms with Crippen molar-refractivity contribution in [2.75, 3.05) is 0 Å². The van der Waals surface area contributed by atoms with Crippen LogP contribution in [0.3, 0.4) is 0 Å². The van der Waals surface area contributed by atoms with Crippen LogP contribution in [0.15, 0.2) is 30.3 Å². The van der Waals surface area contributed by atoms with Crippen LogP contribution in [-0.4, -0.2) is 8.96 Å². The maximum atomic E-state index is 12.3. The molecule has 18 heavy (non-hydrogen) atoms. The van der Waals surface area contributed by atoms with Gasteiger partial charge >= 0.3 is 0 Å². The molecule has 102 valence electrons. The highest BCUT2D eigenvalue weighted by Gasteiger charge is 2.30. The van der Waals surface area contributed by atoms with E-state index in [2.05, 4.69) is 37.6 Å². The van der Waals surface area contributed by atoms with Crippen molar-refractivity contribution in [1.82, 2.24) is 4.72 Å². The molecule has 0 radical (unpaired) electrons. The lowest BCUT2D eigenvalue weighted by molar-refractivity contribution is 0.307. The molecule has 0 amide bonds. The summed E-state index contributed by atoms with van der Waals surface area (Å²) >= 11 is 0. The van der Waals surface area contributed by atoms with Crippen LogP contribution in [-0.2, 0) is 11.0 Å². The van der Waals surface area contributed by atoms with Crippen LogP contribution >= 0.6 is 0 Å². The van der Waals surface area contributed by atoms with Crippen molar-refractivity contribution in [2.24, 2.45) is 5.41 Å². The van der Waals surface area contributed by atoms with E-state index >= 15 is 0 Å². The van der Waals surface area contributed by atoms with Gasteiger partial charge in [0.15, 0.2) is 0 Å². The topological polar surface area (TPSA) is 29.1 Å². The van der Waals surface area contributed by atoms with Crippen molar-refractivity contribution >= 4 is 11.0 Å². The molecule has 0 spiro atoms. The van der Waals surface area contributed by atoms with Gasteiger partial charge < -0.3 is 0 Å². The lowest BCUT2D eigenvalue weighted by atomic mass is 9.83. The van der Waals surface area contributed by atoms with Gasteiger partial charge in [-0.2, -0.15) is 0 Å². The zero-order valence-electron chi connectivity index (χ0n) is 12.3. The Bertz CT molecular complexity index is 401. The zero-order chi connectivity index (χ0) is 14.0. The second-order valence-corrected chi connectivity index (χ2v) is 8.71. The number of benzene rings is 1. The number of nitrogens with one attached hydrogen (secondary N) is 1. The SMILES string of the molecule is CC(C)(C)[C@H](N[S@](=O)C(C)(C)C)c1ccccc1. The van der Waals surface area contributed by atoms with Gasteiger partial charge in [-0.05, 0) is 31.7 Å². The van der Waals surface area contributed by atoms with Gasteiger partial charge in [0.1, 0.15) is 0 Å². The fourth-order valence-corrected chi connectivity index (χ4v) is 2.73. The van der Waals surface area contributed by atoms with Crippen LogP contribution in [0.4, 0.5) is 0 Å². The molecule has 0 fully saturated rings. The van der Waals surface area contributed by atoms with Crippen LogP contribution in [0, 0.1) is 5.41 Å². The first-order chi connectivity index (χ1) is 8.12. The molecule has 0 saturated heterocycles. The van der Waals surface area contributed by atoms with Crippen LogP contribution in [0.5, 0.6) is 0 Å². The van der Waals surface area contributed by atoms with E-state index in [1.807, 2.05) is 39.0 Å². The quantitative estimate of drug-likeness (QED) is 0.886. The average molecular weight is 267 g/mol. The summed E-state index contributed by atoms with van der Waals surface area (Å²) in [5.74, 6) is 0. The Kier molecular flexibility index (Phi) is 4.73. The van der Waals surface area contributed by atoms with E-state index in [0.717, 1.165) is 0 Å². The molecule has 0 heterocycles. The Balaban J connectivity index is 2.99. The molecule has 0 bridgehead atoms. The summed E-state index contributed by atoms with van der Waals surface area (Å²) in [6.45, 7) is 12.5. The maximum Gasteiger partial charge on any atom is 0.0976 e. The minimum Gasteiger partial charge on any atom is -0.242 e. The maximum absolute atomic E-state index is 12.3. The van der Waals surface area contributed by atoms with Gasteiger partial charge in [-0.15, -0.1) is 0 Å². The molecule has 1 aromatic rings. The number of hydrogen-bond acceptors (Lipinski definition) is 1. The summed E-state index contributed by atoms with van der Waals surface area (Å²) in [5.41, 5.74) is 1.20. The summed E-state index contributed by atoms with van der Waals surface area (Å²) in [5, 5.41) is 0. The summed E-state index contributed by atoms with van der Waals surface area (Å²) in [4.78, 5) is 0. The molecular formula is C15H25NOS. The van der Waals surface area contributed by atoms with Crippen LogP contribution in [0.25, 0.3) is 0 Å². The van der Waals surface area contributed by atoms with Gasteiger partial charge in [0.2, 0.25) is 0 Å². The van der Waals surface area contributed by atoms with E-state index < -0.39 is 11.0 Å². The molecule has 0 saturated carbocycles. The third-order valence-corrected chi connectivity index (χ3v) is 4.34. The molecule has 2 atom stereocenters. The van der Waals surface area contributed by atoms with E-state index in [-0.39, 0.29) is 16.2 Å². The number of rotatable bonds is 3. The monoisotopic (exact) mass is 267 g/mol. The van der Waals surface area contributed by atoms with Gasteiger partial charge in [0.05, 0.1) is 15.7 Å². The average Bonchev–Trinajstić information content (AvgIpc) is 2.23. The van der Waals surface area contributed by atoms with Crippen LogP contribution < -0.4 is 4.72 Å². The van der Waals surface area contributed by atoms with Crippen molar-refractivity contribution in [3.8, 4) is 0 Å². The lowest BCUT2D eigenvalue weighted by Crippen LogP contribution is -2.40. The summed E-state index contributed by atoms with van der Waals surface area (Å²) < 4.78 is 15.3. The minimum absolute atomic E-state index is 0.0161. The fraction of sp³-hybridized carbons (Fsp3) is 0.600. The summed E-state index contributed by atoms with van der Waals surface area (Å²) in [7, 11) is -1.06. The molecule has 1 aromatic carbocycles. The van der Waals surface area contributed by atoms with Gasteiger partial charge in [0, 0.05) is 6.04 Å². The molecule has 0 aliphatic heterocycles. The molecule has 0 aliphatic carbocycles. The zero-order valence-corrected chi connectivity index (χ0v) is 13.1. The smallest absolute Gasteiger partial charge is 0.0976 e. The Morgan fingerprint density at radius 1 is 1.00 bits per heavy atom. The standard InChI is InChI=1S/C15H25NOS/c1-14(2,3)13(12-10-8-7-9-11-12)16-18(17)15(4,5)6/h7-11,13,16H,1-6H3/t13-,18-/m1/s1. The molecule has 2 nitrogen and oxygen atoms in total. The van der Waals surface area contributed by atoms with Crippen molar-refractivity contribution in [1.29, 1.82) is 0 Å². The predicted octanol–water partition coefficient (Wildman–Crippen LogP) is 3.83.